The van der Waals surface area contributed by atoms with E-state index in [-0.39, 0.29) is 6.04 Å². The topological polar surface area (TPSA) is 24.9 Å². The van der Waals surface area contributed by atoms with Crippen LogP contribution in [0.4, 0.5) is 18.9 Å². The molecule has 0 aliphatic rings. The van der Waals surface area contributed by atoms with Crippen molar-refractivity contribution in [1.82, 2.24) is 4.98 Å². The van der Waals surface area contributed by atoms with Crippen molar-refractivity contribution in [1.29, 1.82) is 0 Å². The highest BCUT2D eigenvalue weighted by molar-refractivity contribution is 7.09. The quantitative estimate of drug-likeness (QED) is 0.899. The highest BCUT2D eigenvalue weighted by atomic mass is 32.1. The standard InChI is InChI=1S/C12H11F3N2S/c1-8(11-16-6-7-18-11)17-10-4-2-9(3-5-10)12(13,14)15/h2-8,17H,1H3. The Morgan fingerprint density at radius 1 is 1.22 bits per heavy atom. The molecule has 0 fully saturated rings. The molecule has 0 saturated carbocycles. The number of nitrogens with one attached hydrogen (secondary N) is 1. The van der Waals surface area contributed by atoms with Gasteiger partial charge in [0.1, 0.15) is 5.01 Å². The third-order valence-electron chi connectivity index (χ3n) is 2.42. The first-order valence-electron chi connectivity index (χ1n) is 5.30. The van der Waals surface area contributed by atoms with Gasteiger partial charge < -0.3 is 5.32 Å². The second kappa shape index (κ2) is 4.97. The van der Waals surface area contributed by atoms with Gasteiger partial charge in [0.25, 0.3) is 0 Å². The number of nitrogens with zero attached hydrogens (tertiary/aromatic N) is 1. The summed E-state index contributed by atoms with van der Waals surface area (Å²) in [5.74, 6) is 0. The highest BCUT2D eigenvalue weighted by Gasteiger charge is 2.29. The van der Waals surface area contributed by atoms with E-state index in [4.69, 9.17) is 0 Å². The fraction of sp³-hybridized carbons (Fsp3) is 0.250. The second-order valence-electron chi connectivity index (χ2n) is 3.81. The SMILES string of the molecule is CC(Nc1ccc(C(F)(F)F)cc1)c1nccs1. The van der Waals surface area contributed by atoms with Crippen LogP contribution < -0.4 is 5.32 Å². The van der Waals surface area contributed by atoms with Crippen LogP contribution in [0.1, 0.15) is 23.5 Å². The normalized spacial score (nSPS) is 13.3. The van der Waals surface area contributed by atoms with Crippen LogP contribution in [0.2, 0.25) is 0 Å². The molecule has 1 N–H and O–H groups in total. The fourth-order valence-electron chi connectivity index (χ4n) is 1.52. The zero-order valence-corrected chi connectivity index (χ0v) is 10.3. The van der Waals surface area contributed by atoms with Crippen LogP contribution >= 0.6 is 11.3 Å². The van der Waals surface area contributed by atoms with Crippen molar-refractivity contribution in [2.75, 3.05) is 5.32 Å². The van der Waals surface area contributed by atoms with E-state index in [1.54, 1.807) is 6.20 Å². The third kappa shape index (κ3) is 3.01. The smallest absolute Gasteiger partial charge is 0.376 e. The van der Waals surface area contributed by atoms with Gasteiger partial charge in [-0.1, -0.05) is 0 Å². The molecule has 2 aromatic rings. The summed E-state index contributed by atoms with van der Waals surface area (Å²) in [5, 5.41) is 5.86. The molecule has 18 heavy (non-hydrogen) atoms. The van der Waals surface area contributed by atoms with E-state index in [1.807, 2.05) is 12.3 Å². The Labute approximate surface area is 106 Å². The molecule has 0 spiro atoms. The number of benzene rings is 1. The molecule has 1 aromatic carbocycles. The first-order chi connectivity index (χ1) is 8.47. The average molecular weight is 272 g/mol. The van der Waals surface area contributed by atoms with E-state index >= 15 is 0 Å². The number of anilines is 1. The minimum Gasteiger partial charge on any atom is -0.376 e. The Kier molecular flexibility index (Phi) is 3.56. The maximum atomic E-state index is 12.4. The lowest BCUT2D eigenvalue weighted by molar-refractivity contribution is -0.137. The molecule has 1 aromatic heterocycles. The van der Waals surface area contributed by atoms with E-state index in [2.05, 4.69) is 10.3 Å². The Hall–Kier alpha value is -1.56. The van der Waals surface area contributed by atoms with Gasteiger partial charge in [0.2, 0.25) is 0 Å². The van der Waals surface area contributed by atoms with Gasteiger partial charge in [-0.25, -0.2) is 4.98 Å². The van der Waals surface area contributed by atoms with Gasteiger partial charge in [-0.2, -0.15) is 13.2 Å². The molecule has 0 radical (unpaired) electrons. The first kappa shape index (κ1) is 12.9. The molecule has 1 heterocycles. The molecule has 1 unspecified atom stereocenters. The molecule has 2 rings (SSSR count). The average Bonchev–Trinajstić information content (AvgIpc) is 2.82. The van der Waals surface area contributed by atoms with E-state index in [9.17, 15) is 13.2 Å². The van der Waals surface area contributed by atoms with E-state index in [0.29, 0.717) is 5.69 Å². The van der Waals surface area contributed by atoms with Gasteiger partial charge in [0, 0.05) is 17.3 Å². The number of alkyl halides is 3. The van der Waals surface area contributed by atoms with Crippen LogP contribution in [-0.2, 0) is 6.18 Å². The van der Waals surface area contributed by atoms with Crippen molar-refractivity contribution in [3.63, 3.8) is 0 Å². The van der Waals surface area contributed by atoms with Gasteiger partial charge in [-0.15, -0.1) is 11.3 Å². The van der Waals surface area contributed by atoms with Crippen LogP contribution in [-0.4, -0.2) is 4.98 Å². The van der Waals surface area contributed by atoms with Gasteiger partial charge >= 0.3 is 6.18 Å². The summed E-state index contributed by atoms with van der Waals surface area (Å²) in [4.78, 5) is 4.15. The molecule has 2 nitrogen and oxygen atoms in total. The maximum Gasteiger partial charge on any atom is 0.416 e. The van der Waals surface area contributed by atoms with Gasteiger partial charge in [-0.05, 0) is 31.2 Å². The summed E-state index contributed by atoms with van der Waals surface area (Å²) in [6.07, 6.45) is -2.59. The number of aromatic nitrogens is 1. The maximum absolute atomic E-state index is 12.4. The van der Waals surface area contributed by atoms with Crippen molar-refractivity contribution in [2.45, 2.75) is 19.1 Å². The fourth-order valence-corrected chi connectivity index (χ4v) is 2.16. The number of rotatable bonds is 3. The summed E-state index contributed by atoms with van der Waals surface area (Å²) in [6.45, 7) is 1.91. The van der Waals surface area contributed by atoms with Crippen molar-refractivity contribution in [3.05, 3.63) is 46.4 Å². The molecule has 96 valence electrons. The summed E-state index contributed by atoms with van der Waals surface area (Å²) < 4.78 is 37.1. The van der Waals surface area contributed by atoms with E-state index in [1.165, 1.54) is 23.5 Å². The van der Waals surface area contributed by atoms with E-state index < -0.39 is 11.7 Å². The lowest BCUT2D eigenvalue weighted by atomic mass is 10.2. The van der Waals surface area contributed by atoms with Gasteiger partial charge in [0.05, 0.1) is 11.6 Å². The predicted molar refractivity (Wildman–Crippen MR) is 65.6 cm³/mol. The van der Waals surface area contributed by atoms with Crippen LogP contribution in [0.25, 0.3) is 0 Å². The largest absolute Gasteiger partial charge is 0.416 e. The molecule has 0 bridgehead atoms. The number of hydrogen-bond acceptors (Lipinski definition) is 3. The van der Waals surface area contributed by atoms with Crippen LogP contribution in [0.15, 0.2) is 35.8 Å². The molecule has 6 heteroatoms. The number of halogens is 3. The Morgan fingerprint density at radius 2 is 1.89 bits per heavy atom. The second-order valence-corrected chi connectivity index (χ2v) is 4.74. The summed E-state index contributed by atoms with van der Waals surface area (Å²) >= 11 is 1.50. The van der Waals surface area contributed by atoms with Crippen LogP contribution in [0.3, 0.4) is 0 Å². The Balaban J connectivity index is 2.07. The van der Waals surface area contributed by atoms with Crippen molar-refractivity contribution in [2.24, 2.45) is 0 Å². The highest BCUT2D eigenvalue weighted by Crippen LogP contribution is 2.30. The predicted octanol–water partition coefficient (Wildman–Crippen LogP) is 4.34. The van der Waals surface area contributed by atoms with E-state index in [0.717, 1.165) is 17.1 Å². The van der Waals surface area contributed by atoms with Crippen molar-refractivity contribution in [3.8, 4) is 0 Å². The van der Waals surface area contributed by atoms with Gasteiger partial charge in [-0.3, -0.25) is 0 Å². The molecule has 0 amide bonds. The van der Waals surface area contributed by atoms with Crippen molar-refractivity contribution >= 4 is 17.0 Å². The molecule has 0 saturated heterocycles. The zero-order valence-electron chi connectivity index (χ0n) is 9.53. The monoisotopic (exact) mass is 272 g/mol. The zero-order chi connectivity index (χ0) is 13.2. The Bertz CT molecular complexity index is 491. The molecule has 1 atom stereocenters. The lowest BCUT2D eigenvalue weighted by Gasteiger charge is -2.13. The third-order valence-corrected chi connectivity index (χ3v) is 3.38. The van der Waals surface area contributed by atoms with Crippen molar-refractivity contribution < 1.29 is 13.2 Å². The Morgan fingerprint density at radius 3 is 2.39 bits per heavy atom. The summed E-state index contributed by atoms with van der Waals surface area (Å²) in [6, 6.07) is 4.95. The van der Waals surface area contributed by atoms with Crippen LogP contribution in [0, 0.1) is 0 Å². The summed E-state index contributed by atoms with van der Waals surface area (Å²) in [5.41, 5.74) is 0.000603. The minimum atomic E-state index is -4.29. The molecule has 0 aliphatic heterocycles. The minimum absolute atomic E-state index is 0.0262. The first-order valence-corrected chi connectivity index (χ1v) is 6.18. The van der Waals surface area contributed by atoms with Gasteiger partial charge in [0.15, 0.2) is 0 Å². The molecular formula is C12H11F3N2S. The molecular weight excluding hydrogens is 261 g/mol. The molecule has 0 aliphatic carbocycles. The number of hydrogen-bond donors (Lipinski definition) is 1. The lowest BCUT2D eigenvalue weighted by Crippen LogP contribution is -2.07. The number of thiazole rings is 1. The summed E-state index contributed by atoms with van der Waals surface area (Å²) in [7, 11) is 0. The van der Waals surface area contributed by atoms with Crippen LogP contribution in [0.5, 0.6) is 0 Å².